The predicted octanol–water partition coefficient (Wildman–Crippen LogP) is 5.75. The van der Waals surface area contributed by atoms with E-state index in [0.29, 0.717) is 23.3 Å². The Kier molecular flexibility index (Phi) is 6.48. The predicted molar refractivity (Wildman–Crippen MR) is 111 cm³/mol. The molecule has 33 heavy (non-hydrogen) atoms. The molecular formula is C24H30F6N2O. The van der Waals surface area contributed by atoms with Crippen LogP contribution in [0.3, 0.4) is 0 Å². The van der Waals surface area contributed by atoms with Crippen LogP contribution in [0.25, 0.3) is 0 Å². The van der Waals surface area contributed by atoms with E-state index in [9.17, 15) is 31.1 Å². The smallest absolute Gasteiger partial charge is 0.323 e. The summed E-state index contributed by atoms with van der Waals surface area (Å²) in [6.07, 6.45) is -5.59. The van der Waals surface area contributed by atoms with Gasteiger partial charge in [0.2, 0.25) is 5.91 Å². The first-order chi connectivity index (χ1) is 15.4. The fourth-order valence-corrected chi connectivity index (χ4v) is 6.83. The van der Waals surface area contributed by atoms with Gasteiger partial charge in [0.1, 0.15) is 0 Å². The Balaban J connectivity index is 1.44. The highest BCUT2D eigenvalue weighted by Gasteiger charge is 2.72. The molecule has 0 atom stereocenters. The van der Waals surface area contributed by atoms with Gasteiger partial charge in [-0.2, -0.15) is 26.3 Å². The number of hydrogen-bond acceptors (Lipinski definition) is 2. The lowest BCUT2D eigenvalue weighted by molar-refractivity contribution is -0.316. The minimum absolute atomic E-state index is 0.0474. The molecule has 1 amide bonds. The Morgan fingerprint density at radius 3 is 1.88 bits per heavy atom. The summed E-state index contributed by atoms with van der Waals surface area (Å²) in [5.41, 5.74) is -3.98. The third-order valence-corrected chi connectivity index (χ3v) is 7.87. The number of rotatable bonds is 8. The first-order valence-corrected chi connectivity index (χ1v) is 11.6. The monoisotopic (exact) mass is 476 g/mol. The maximum atomic E-state index is 13.9. The van der Waals surface area contributed by atoms with Gasteiger partial charge in [-0.25, -0.2) is 0 Å². The molecular weight excluding hydrogens is 446 g/mol. The van der Waals surface area contributed by atoms with Crippen molar-refractivity contribution in [3.8, 4) is 0 Å². The van der Waals surface area contributed by atoms with Crippen molar-refractivity contribution in [3.63, 3.8) is 0 Å². The molecule has 4 fully saturated rings. The summed E-state index contributed by atoms with van der Waals surface area (Å²) in [4.78, 5) is 12.3. The highest BCUT2D eigenvalue weighted by atomic mass is 19.4. The van der Waals surface area contributed by atoms with Crippen LogP contribution in [0.5, 0.6) is 0 Å². The number of hydrogen-bond donors (Lipinski definition) is 2. The SMILES string of the molecule is O=C(CCc1ccccc1)NC(NCCC12CC3CC(CC(C3)C1)C2)(C(F)(F)F)C(F)(F)F. The molecule has 4 aliphatic carbocycles. The Labute approximate surface area is 189 Å². The van der Waals surface area contributed by atoms with Crippen molar-refractivity contribution in [1.82, 2.24) is 10.6 Å². The molecule has 0 aromatic heterocycles. The number of benzene rings is 1. The van der Waals surface area contributed by atoms with E-state index in [-0.39, 0.29) is 18.3 Å². The van der Waals surface area contributed by atoms with E-state index in [4.69, 9.17) is 0 Å². The molecule has 9 heteroatoms. The van der Waals surface area contributed by atoms with Gasteiger partial charge in [-0.3, -0.25) is 10.1 Å². The summed E-state index contributed by atoms with van der Waals surface area (Å²) in [6, 6.07) is 8.44. The molecule has 0 heterocycles. The number of amides is 1. The second kappa shape index (κ2) is 8.78. The van der Waals surface area contributed by atoms with Crippen LogP contribution in [0.2, 0.25) is 0 Å². The minimum atomic E-state index is -5.74. The van der Waals surface area contributed by atoms with Crippen molar-refractivity contribution < 1.29 is 31.1 Å². The first kappa shape index (κ1) is 24.4. The quantitative estimate of drug-likeness (QED) is 0.371. The van der Waals surface area contributed by atoms with Crippen LogP contribution in [0, 0.1) is 23.2 Å². The second-order valence-electron chi connectivity index (χ2n) is 10.4. The number of nitrogens with one attached hydrogen (secondary N) is 2. The van der Waals surface area contributed by atoms with Crippen molar-refractivity contribution in [2.75, 3.05) is 6.54 Å². The average molecular weight is 477 g/mol. The summed E-state index contributed by atoms with van der Waals surface area (Å²) >= 11 is 0. The lowest BCUT2D eigenvalue weighted by atomic mass is 9.49. The Morgan fingerprint density at radius 2 is 1.39 bits per heavy atom. The Bertz CT molecular complexity index is 786. The third kappa shape index (κ3) is 5.03. The van der Waals surface area contributed by atoms with Crippen LogP contribution in [-0.4, -0.2) is 30.5 Å². The normalized spacial score (nSPS) is 29.3. The zero-order valence-corrected chi connectivity index (χ0v) is 18.4. The molecule has 0 unspecified atom stereocenters. The molecule has 2 N–H and O–H groups in total. The van der Waals surface area contributed by atoms with Crippen LogP contribution in [-0.2, 0) is 11.2 Å². The summed E-state index contributed by atoms with van der Waals surface area (Å²) in [5.74, 6) is 0.340. The largest absolute Gasteiger partial charge is 0.434 e. The molecule has 1 aromatic carbocycles. The van der Waals surface area contributed by atoms with Gasteiger partial charge in [-0.15, -0.1) is 0 Å². The summed E-state index contributed by atoms with van der Waals surface area (Å²) in [5, 5.41) is 3.02. The van der Waals surface area contributed by atoms with Crippen LogP contribution in [0.4, 0.5) is 26.3 Å². The maximum absolute atomic E-state index is 13.9. The Hall–Kier alpha value is -1.77. The molecule has 5 rings (SSSR count). The topological polar surface area (TPSA) is 41.1 Å². The second-order valence-corrected chi connectivity index (χ2v) is 10.4. The zero-order chi connectivity index (χ0) is 23.9. The van der Waals surface area contributed by atoms with Gasteiger partial charge in [0.15, 0.2) is 0 Å². The average Bonchev–Trinajstić information content (AvgIpc) is 2.69. The summed E-state index contributed by atoms with van der Waals surface area (Å²) < 4.78 is 83.3. The van der Waals surface area contributed by atoms with Crippen molar-refractivity contribution in [2.24, 2.45) is 23.2 Å². The van der Waals surface area contributed by atoms with E-state index in [2.05, 4.69) is 0 Å². The standard InChI is InChI=1S/C24H30F6N2O/c25-23(26,27)22(24(28,29)30,32-20(33)7-6-16-4-2-1-3-5-16)31-9-8-21-13-17-10-18(14-21)12-19(11-17)15-21/h1-5,17-19,31H,6-15H2,(H,32,33). The van der Waals surface area contributed by atoms with E-state index >= 15 is 0 Å². The van der Waals surface area contributed by atoms with Crippen molar-refractivity contribution in [3.05, 3.63) is 35.9 Å². The Morgan fingerprint density at radius 1 is 0.879 bits per heavy atom. The van der Waals surface area contributed by atoms with Crippen molar-refractivity contribution in [2.45, 2.75) is 75.8 Å². The van der Waals surface area contributed by atoms with E-state index in [1.165, 1.54) is 5.32 Å². The van der Waals surface area contributed by atoms with Gasteiger partial charge in [0.25, 0.3) is 5.66 Å². The number of alkyl halides is 6. The van der Waals surface area contributed by atoms with Crippen molar-refractivity contribution >= 4 is 5.91 Å². The van der Waals surface area contributed by atoms with Gasteiger partial charge in [0, 0.05) is 6.42 Å². The molecule has 184 valence electrons. The van der Waals surface area contributed by atoms with Gasteiger partial charge in [-0.05, 0) is 86.6 Å². The molecule has 4 saturated carbocycles. The van der Waals surface area contributed by atoms with Gasteiger partial charge >= 0.3 is 12.4 Å². The van der Waals surface area contributed by atoms with Gasteiger partial charge < -0.3 is 5.32 Å². The molecule has 0 radical (unpaired) electrons. The van der Waals surface area contributed by atoms with Gasteiger partial charge in [-0.1, -0.05) is 30.3 Å². The molecule has 1 aromatic rings. The third-order valence-electron chi connectivity index (χ3n) is 7.87. The first-order valence-electron chi connectivity index (χ1n) is 11.6. The van der Waals surface area contributed by atoms with Crippen molar-refractivity contribution in [1.29, 1.82) is 0 Å². The molecule has 3 nitrogen and oxygen atoms in total. The van der Waals surface area contributed by atoms with E-state index in [0.717, 1.165) is 38.5 Å². The number of aryl methyl sites for hydroxylation is 1. The van der Waals surface area contributed by atoms with Gasteiger partial charge in [0.05, 0.1) is 0 Å². The zero-order valence-electron chi connectivity index (χ0n) is 18.4. The highest BCUT2D eigenvalue weighted by molar-refractivity contribution is 5.77. The fraction of sp³-hybridized carbons (Fsp3) is 0.708. The summed E-state index contributed by atoms with van der Waals surface area (Å²) in [7, 11) is 0. The molecule has 0 spiro atoms. The highest BCUT2D eigenvalue weighted by Crippen LogP contribution is 2.61. The number of halogens is 6. The number of carbonyl (C=O) groups excluding carboxylic acids is 1. The van der Waals surface area contributed by atoms with Crippen LogP contribution in [0.1, 0.15) is 56.9 Å². The minimum Gasteiger partial charge on any atom is -0.323 e. The molecule has 4 bridgehead atoms. The molecule has 4 aliphatic rings. The van der Waals surface area contributed by atoms with Crippen LogP contribution >= 0.6 is 0 Å². The van der Waals surface area contributed by atoms with Crippen LogP contribution in [0.15, 0.2) is 30.3 Å². The number of carbonyl (C=O) groups is 1. The van der Waals surface area contributed by atoms with Crippen LogP contribution < -0.4 is 10.6 Å². The van der Waals surface area contributed by atoms with E-state index in [1.54, 1.807) is 35.6 Å². The fourth-order valence-electron chi connectivity index (χ4n) is 6.83. The van der Waals surface area contributed by atoms with E-state index in [1.807, 2.05) is 0 Å². The molecule has 0 aliphatic heterocycles. The summed E-state index contributed by atoms with van der Waals surface area (Å²) in [6.45, 7) is -0.454. The van der Waals surface area contributed by atoms with E-state index < -0.39 is 36.9 Å². The lowest BCUT2D eigenvalue weighted by Gasteiger charge is -2.57. The molecule has 0 saturated heterocycles. The lowest BCUT2D eigenvalue weighted by Crippen LogP contribution is -2.75. The maximum Gasteiger partial charge on any atom is 0.434 e.